The zero-order chi connectivity index (χ0) is 29.0. The lowest BCUT2D eigenvalue weighted by atomic mass is 9.79. The van der Waals surface area contributed by atoms with E-state index < -0.39 is 12.1 Å². The molecular weight excluding hydrogens is 518 g/mol. The van der Waals surface area contributed by atoms with Crippen LogP contribution in [0.4, 0.5) is 0 Å². The Morgan fingerprint density at radius 1 is 1.07 bits per heavy atom. The average Bonchev–Trinajstić information content (AvgIpc) is 3.61. The predicted octanol–water partition coefficient (Wildman–Crippen LogP) is 5.16. The number of hydrogen-bond donors (Lipinski definition) is 2. The Morgan fingerprint density at radius 2 is 1.83 bits per heavy atom. The van der Waals surface area contributed by atoms with E-state index in [1.165, 1.54) is 5.56 Å². The fraction of sp³-hybridized carbons (Fsp3) is 0.452. The highest BCUT2D eigenvalue weighted by Crippen LogP contribution is 2.37. The maximum absolute atomic E-state index is 11.3. The van der Waals surface area contributed by atoms with Gasteiger partial charge in [0.05, 0.1) is 41.2 Å². The van der Waals surface area contributed by atoms with Gasteiger partial charge in [0.2, 0.25) is 0 Å². The Labute approximate surface area is 238 Å². The van der Waals surface area contributed by atoms with Gasteiger partial charge in [-0.05, 0) is 63.5 Å². The van der Waals surface area contributed by atoms with Crippen molar-refractivity contribution in [2.24, 2.45) is 18.9 Å². The fourth-order valence-electron chi connectivity index (χ4n) is 6.49. The van der Waals surface area contributed by atoms with Crippen LogP contribution in [0.1, 0.15) is 62.4 Å². The van der Waals surface area contributed by atoms with Gasteiger partial charge < -0.3 is 10.2 Å². The molecule has 1 unspecified atom stereocenters. The van der Waals surface area contributed by atoms with Crippen molar-refractivity contribution in [3.63, 3.8) is 0 Å². The lowest BCUT2D eigenvalue weighted by molar-refractivity contribution is -0.143. The van der Waals surface area contributed by atoms with E-state index >= 15 is 0 Å². The predicted molar refractivity (Wildman–Crippen MR) is 157 cm³/mol. The third kappa shape index (κ3) is 4.90. The topological polar surface area (TPSA) is 124 Å². The van der Waals surface area contributed by atoms with Gasteiger partial charge in [0.15, 0.2) is 5.65 Å². The minimum atomic E-state index is -0.730. The fourth-order valence-corrected chi connectivity index (χ4v) is 6.49. The van der Waals surface area contributed by atoms with E-state index in [4.69, 9.17) is 15.2 Å². The molecule has 5 aromatic rings. The minimum absolute atomic E-state index is 0.0808. The van der Waals surface area contributed by atoms with Crippen LogP contribution in [0, 0.1) is 25.7 Å². The molecule has 10 nitrogen and oxygen atoms in total. The number of fused-ring (bicyclic) bond motifs is 2. The first-order chi connectivity index (χ1) is 19.6. The van der Waals surface area contributed by atoms with Gasteiger partial charge >= 0.3 is 5.97 Å². The van der Waals surface area contributed by atoms with E-state index in [0.717, 1.165) is 63.1 Å². The van der Waals surface area contributed by atoms with Crippen molar-refractivity contribution >= 4 is 27.9 Å². The second-order valence-corrected chi connectivity index (χ2v) is 11.8. The maximum atomic E-state index is 11.3. The number of hydrogen-bond acceptors (Lipinski definition) is 6. The lowest BCUT2D eigenvalue weighted by Gasteiger charge is -2.29. The molecule has 2 N–H and O–H groups in total. The number of aromatic nitrogens is 7. The number of aliphatic hydroxyl groups excluding tert-OH is 1. The van der Waals surface area contributed by atoms with E-state index in [-0.39, 0.29) is 17.8 Å². The molecule has 10 heteroatoms. The number of carbonyl (C=O) groups is 1. The third-order valence-corrected chi connectivity index (χ3v) is 8.63. The van der Waals surface area contributed by atoms with Gasteiger partial charge in [0, 0.05) is 47.0 Å². The largest absolute Gasteiger partial charge is 0.481 e. The Morgan fingerprint density at radius 3 is 2.54 bits per heavy atom. The zero-order valence-corrected chi connectivity index (χ0v) is 24.2. The van der Waals surface area contributed by atoms with Crippen molar-refractivity contribution in [3.05, 3.63) is 53.6 Å². The number of carboxylic acid groups (broad SMARTS) is 1. The van der Waals surface area contributed by atoms with Gasteiger partial charge in [-0.2, -0.15) is 15.3 Å². The number of pyridine rings is 1. The number of carboxylic acids is 1. The summed E-state index contributed by atoms with van der Waals surface area (Å²) in [7, 11) is 1.90. The smallest absolute Gasteiger partial charge is 0.306 e. The summed E-state index contributed by atoms with van der Waals surface area (Å²) in [6.07, 6.45) is 6.07. The first-order valence-corrected chi connectivity index (χ1v) is 14.4. The molecule has 0 amide bonds. The molecule has 0 saturated heterocycles. The van der Waals surface area contributed by atoms with Gasteiger partial charge in [0.1, 0.15) is 0 Å². The summed E-state index contributed by atoms with van der Waals surface area (Å²) in [5, 5.41) is 36.7. The van der Waals surface area contributed by atoms with Gasteiger partial charge in [-0.15, -0.1) is 0 Å². The van der Waals surface area contributed by atoms with Crippen molar-refractivity contribution in [3.8, 4) is 16.9 Å². The monoisotopic (exact) mass is 555 g/mol. The quantitative estimate of drug-likeness (QED) is 0.284. The van der Waals surface area contributed by atoms with Crippen LogP contribution >= 0.6 is 0 Å². The number of nitrogens with zero attached hydrogens (tertiary/aromatic N) is 7. The number of benzene rings is 1. The number of aliphatic hydroxyl groups is 1. The lowest BCUT2D eigenvalue weighted by Crippen LogP contribution is -2.31. The molecule has 0 spiro atoms. The molecule has 4 aromatic heterocycles. The van der Waals surface area contributed by atoms with Crippen LogP contribution in [-0.2, 0) is 18.4 Å². The highest BCUT2D eigenvalue weighted by molar-refractivity contribution is 5.94. The molecule has 1 aliphatic carbocycles. The Hall–Kier alpha value is -4.05. The highest BCUT2D eigenvalue weighted by Gasteiger charge is 2.30. The standard InChI is InChI=1S/C31H37N7O3/c1-17(2)28-19(4)38(26-13-22-14-36(5)35-30(22)32-18(26)3)34-29(28)23-7-6-8-25-24(23)15-37(33-25)16-27(39)20-9-11-21(12-10-20)31(40)41/h6-8,13-15,17,20-21,27,39H,9-12,16H2,1-5H3,(H,40,41). The average molecular weight is 556 g/mol. The first kappa shape index (κ1) is 27.1. The van der Waals surface area contributed by atoms with Gasteiger partial charge in [0.25, 0.3) is 0 Å². The molecule has 1 fully saturated rings. The molecule has 1 aromatic carbocycles. The minimum Gasteiger partial charge on any atom is -0.481 e. The normalized spacial score (nSPS) is 18.5. The zero-order valence-electron chi connectivity index (χ0n) is 24.2. The summed E-state index contributed by atoms with van der Waals surface area (Å²) < 4.78 is 5.60. The Balaban J connectivity index is 1.36. The van der Waals surface area contributed by atoms with E-state index in [2.05, 4.69) is 38.0 Å². The first-order valence-electron chi connectivity index (χ1n) is 14.4. The second kappa shape index (κ2) is 10.4. The molecule has 214 valence electrons. The van der Waals surface area contributed by atoms with Crippen LogP contribution in [0.5, 0.6) is 0 Å². The van der Waals surface area contributed by atoms with E-state index in [0.29, 0.717) is 19.4 Å². The number of aryl methyl sites for hydroxylation is 2. The molecule has 4 heterocycles. The van der Waals surface area contributed by atoms with Crippen LogP contribution in [0.15, 0.2) is 36.7 Å². The molecule has 1 aliphatic rings. The molecular formula is C31H37N7O3. The van der Waals surface area contributed by atoms with Gasteiger partial charge in [-0.3, -0.25) is 14.2 Å². The van der Waals surface area contributed by atoms with Crippen LogP contribution < -0.4 is 0 Å². The van der Waals surface area contributed by atoms with Gasteiger partial charge in [-0.1, -0.05) is 26.0 Å². The Kier molecular flexibility index (Phi) is 6.89. The highest BCUT2D eigenvalue weighted by atomic mass is 16.4. The summed E-state index contributed by atoms with van der Waals surface area (Å²) in [6, 6.07) is 8.18. The van der Waals surface area contributed by atoms with Crippen LogP contribution in [0.3, 0.4) is 0 Å². The molecule has 1 saturated carbocycles. The molecule has 6 rings (SSSR count). The van der Waals surface area contributed by atoms with Crippen molar-refractivity contribution in [1.29, 1.82) is 0 Å². The second-order valence-electron chi connectivity index (χ2n) is 11.8. The molecule has 41 heavy (non-hydrogen) atoms. The van der Waals surface area contributed by atoms with Crippen molar-refractivity contribution in [2.45, 2.75) is 71.9 Å². The number of aliphatic carboxylic acids is 1. The summed E-state index contributed by atoms with van der Waals surface area (Å²) in [6.45, 7) is 8.84. The van der Waals surface area contributed by atoms with E-state index in [9.17, 15) is 15.0 Å². The third-order valence-electron chi connectivity index (χ3n) is 8.63. The summed E-state index contributed by atoms with van der Waals surface area (Å²) in [5.41, 5.74) is 7.52. The van der Waals surface area contributed by atoms with Gasteiger partial charge in [-0.25, -0.2) is 9.67 Å². The maximum Gasteiger partial charge on any atom is 0.306 e. The number of rotatable bonds is 7. The molecule has 0 aliphatic heterocycles. The SMILES string of the molecule is Cc1nc2nn(C)cc2cc1-n1nc(-c2cccc3nn(CC(O)C4CCC(C(=O)O)CC4)cc23)c(C(C)C)c1C. The van der Waals surface area contributed by atoms with Crippen LogP contribution in [0.2, 0.25) is 0 Å². The van der Waals surface area contributed by atoms with Crippen LogP contribution in [0.25, 0.3) is 38.9 Å². The summed E-state index contributed by atoms with van der Waals surface area (Å²) in [4.78, 5) is 16.1. The summed E-state index contributed by atoms with van der Waals surface area (Å²) in [5.74, 6) is -0.705. The van der Waals surface area contributed by atoms with Crippen molar-refractivity contribution in [1.82, 2.24) is 34.3 Å². The van der Waals surface area contributed by atoms with E-state index in [1.54, 1.807) is 4.68 Å². The van der Waals surface area contributed by atoms with Crippen molar-refractivity contribution in [2.75, 3.05) is 0 Å². The van der Waals surface area contributed by atoms with Crippen molar-refractivity contribution < 1.29 is 15.0 Å². The molecule has 1 atom stereocenters. The molecule has 0 radical (unpaired) electrons. The summed E-state index contributed by atoms with van der Waals surface area (Å²) >= 11 is 0. The van der Waals surface area contributed by atoms with Crippen LogP contribution in [-0.4, -0.2) is 56.6 Å². The molecule has 0 bridgehead atoms. The Bertz CT molecular complexity index is 1750. The van der Waals surface area contributed by atoms with E-state index in [1.807, 2.05) is 47.9 Å².